The van der Waals surface area contributed by atoms with E-state index < -0.39 is 17.6 Å². The summed E-state index contributed by atoms with van der Waals surface area (Å²) in [4.78, 5) is 18.3. The van der Waals surface area contributed by atoms with Gasteiger partial charge in [0, 0.05) is 32.1 Å². The molecular formula is C18H20F3N3O2S. The van der Waals surface area contributed by atoms with E-state index in [1.165, 1.54) is 25.3 Å². The zero-order valence-corrected chi connectivity index (χ0v) is 15.6. The van der Waals surface area contributed by atoms with Gasteiger partial charge in [0.15, 0.2) is 0 Å². The number of ether oxygens (including phenoxy) is 1. The van der Waals surface area contributed by atoms with Crippen LogP contribution >= 0.6 is 11.3 Å². The normalized spacial score (nSPS) is 20.4. The standard InChI is InChI=1S/C18H20F3N3O2S/c1-22-17(25)12-9-27-16-13(18(19,20)21)6-14(23-15(12)16)24-5-4-11(7-24)26-8-10-2-3-10/h6,9-11H,2-5,7-8H2,1H3,(H,22,25). The molecule has 2 aliphatic rings. The first kappa shape index (κ1) is 18.5. The number of thiophene rings is 1. The topological polar surface area (TPSA) is 54.5 Å². The van der Waals surface area contributed by atoms with Crippen molar-refractivity contribution in [2.75, 3.05) is 31.6 Å². The minimum Gasteiger partial charge on any atom is -0.376 e. The molecule has 5 nitrogen and oxygen atoms in total. The van der Waals surface area contributed by atoms with Crippen molar-refractivity contribution in [3.05, 3.63) is 22.6 Å². The summed E-state index contributed by atoms with van der Waals surface area (Å²) in [7, 11) is 1.45. The van der Waals surface area contributed by atoms with Crippen molar-refractivity contribution in [3.8, 4) is 0 Å². The Bertz CT molecular complexity index is 863. The molecule has 1 atom stereocenters. The second-order valence-corrected chi connectivity index (χ2v) is 7.95. The Labute approximate surface area is 158 Å². The van der Waals surface area contributed by atoms with Crippen LogP contribution in [0.1, 0.15) is 35.2 Å². The number of nitrogens with one attached hydrogen (secondary N) is 1. The predicted molar refractivity (Wildman–Crippen MR) is 97.3 cm³/mol. The molecule has 1 unspecified atom stereocenters. The van der Waals surface area contributed by atoms with Gasteiger partial charge in [-0.25, -0.2) is 4.98 Å². The molecule has 2 aromatic heterocycles. The summed E-state index contributed by atoms with van der Waals surface area (Å²) < 4.78 is 46.7. The maximum absolute atomic E-state index is 13.6. The Morgan fingerprint density at radius 3 is 2.85 bits per heavy atom. The fourth-order valence-electron chi connectivity index (χ4n) is 3.29. The maximum atomic E-state index is 13.6. The van der Waals surface area contributed by atoms with Crippen LogP contribution in [-0.4, -0.2) is 43.7 Å². The summed E-state index contributed by atoms with van der Waals surface area (Å²) in [5, 5.41) is 3.89. The molecule has 3 heterocycles. The quantitative estimate of drug-likeness (QED) is 0.833. The first-order chi connectivity index (χ1) is 12.9. The number of fused-ring (bicyclic) bond motifs is 1. The number of aromatic nitrogens is 1. The second kappa shape index (κ2) is 6.94. The lowest BCUT2D eigenvalue weighted by Gasteiger charge is -2.20. The molecule has 0 radical (unpaired) electrons. The molecule has 1 amide bonds. The van der Waals surface area contributed by atoms with Crippen molar-refractivity contribution in [1.29, 1.82) is 0 Å². The van der Waals surface area contributed by atoms with Gasteiger partial charge in [0.1, 0.15) is 5.82 Å². The maximum Gasteiger partial charge on any atom is 0.417 e. The van der Waals surface area contributed by atoms with Gasteiger partial charge in [0.25, 0.3) is 5.91 Å². The van der Waals surface area contributed by atoms with Crippen LogP contribution in [0.5, 0.6) is 0 Å². The number of alkyl halides is 3. The summed E-state index contributed by atoms with van der Waals surface area (Å²) in [6, 6.07) is 1.09. The monoisotopic (exact) mass is 399 g/mol. The first-order valence-corrected chi connectivity index (χ1v) is 9.83. The van der Waals surface area contributed by atoms with Gasteiger partial charge in [-0.05, 0) is 31.2 Å². The van der Waals surface area contributed by atoms with E-state index in [0.29, 0.717) is 19.0 Å². The fraction of sp³-hybridized carbons (Fsp3) is 0.556. The number of carbonyl (C=O) groups excluding carboxylic acids is 1. The van der Waals surface area contributed by atoms with Gasteiger partial charge in [-0.1, -0.05) is 0 Å². The number of pyridine rings is 1. The number of rotatable bonds is 5. The highest BCUT2D eigenvalue weighted by Crippen LogP contribution is 2.40. The average molecular weight is 399 g/mol. The Morgan fingerprint density at radius 1 is 1.41 bits per heavy atom. The molecule has 1 aliphatic carbocycles. The van der Waals surface area contributed by atoms with Crippen LogP contribution in [0.3, 0.4) is 0 Å². The molecule has 1 aliphatic heterocycles. The van der Waals surface area contributed by atoms with Crippen molar-refractivity contribution in [2.24, 2.45) is 5.92 Å². The highest BCUT2D eigenvalue weighted by Gasteiger charge is 2.36. The van der Waals surface area contributed by atoms with Crippen molar-refractivity contribution in [2.45, 2.75) is 31.5 Å². The van der Waals surface area contributed by atoms with Gasteiger partial charge < -0.3 is 15.0 Å². The second-order valence-electron chi connectivity index (χ2n) is 7.07. The summed E-state index contributed by atoms with van der Waals surface area (Å²) in [6.07, 6.45) is -1.34. The van der Waals surface area contributed by atoms with Crippen LogP contribution in [0, 0.1) is 5.92 Å². The van der Waals surface area contributed by atoms with Gasteiger partial charge in [-0.15, -0.1) is 11.3 Å². The van der Waals surface area contributed by atoms with E-state index in [2.05, 4.69) is 10.3 Å². The van der Waals surface area contributed by atoms with Crippen molar-refractivity contribution in [1.82, 2.24) is 10.3 Å². The highest BCUT2D eigenvalue weighted by molar-refractivity contribution is 7.17. The molecule has 2 fully saturated rings. The van der Waals surface area contributed by atoms with Crippen LogP contribution in [-0.2, 0) is 10.9 Å². The molecule has 1 N–H and O–H groups in total. The summed E-state index contributed by atoms with van der Waals surface area (Å²) in [6.45, 7) is 1.83. The zero-order valence-electron chi connectivity index (χ0n) is 14.8. The van der Waals surface area contributed by atoms with Gasteiger partial charge in [0.05, 0.1) is 27.4 Å². The lowest BCUT2D eigenvalue weighted by atomic mass is 10.1. The van der Waals surface area contributed by atoms with E-state index in [0.717, 1.165) is 30.4 Å². The number of halogens is 3. The van der Waals surface area contributed by atoms with Gasteiger partial charge >= 0.3 is 6.18 Å². The number of anilines is 1. The molecule has 9 heteroatoms. The van der Waals surface area contributed by atoms with Gasteiger partial charge in [0.2, 0.25) is 0 Å². The van der Waals surface area contributed by atoms with E-state index in [9.17, 15) is 18.0 Å². The zero-order chi connectivity index (χ0) is 19.2. The largest absolute Gasteiger partial charge is 0.417 e. The molecule has 2 aromatic rings. The third-order valence-electron chi connectivity index (χ3n) is 5.02. The van der Waals surface area contributed by atoms with Crippen molar-refractivity contribution in [3.63, 3.8) is 0 Å². The van der Waals surface area contributed by atoms with Crippen LogP contribution in [0.15, 0.2) is 11.4 Å². The Morgan fingerprint density at radius 2 is 2.19 bits per heavy atom. The van der Waals surface area contributed by atoms with Crippen molar-refractivity contribution < 1.29 is 22.7 Å². The van der Waals surface area contributed by atoms with Gasteiger partial charge in [-0.3, -0.25) is 4.79 Å². The number of amides is 1. The molecule has 0 spiro atoms. The minimum absolute atomic E-state index is 0.00872. The van der Waals surface area contributed by atoms with Crippen LogP contribution in [0.25, 0.3) is 10.2 Å². The highest BCUT2D eigenvalue weighted by atomic mass is 32.1. The third kappa shape index (κ3) is 3.75. The molecule has 146 valence electrons. The summed E-state index contributed by atoms with van der Waals surface area (Å²) in [5.41, 5.74) is -0.470. The fourth-order valence-corrected chi connectivity index (χ4v) is 4.32. The van der Waals surface area contributed by atoms with E-state index in [-0.39, 0.29) is 27.7 Å². The minimum atomic E-state index is -4.51. The van der Waals surface area contributed by atoms with E-state index in [1.54, 1.807) is 0 Å². The Balaban J connectivity index is 1.66. The Kier molecular flexibility index (Phi) is 4.75. The van der Waals surface area contributed by atoms with Crippen molar-refractivity contribution >= 4 is 33.3 Å². The van der Waals surface area contributed by atoms with Crippen LogP contribution < -0.4 is 10.2 Å². The average Bonchev–Trinajstić information content (AvgIpc) is 3.17. The molecule has 4 rings (SSSR count). The molecule has 1 saturated carbocycles. The third-order valence-corrected chi connectivity index (χ3v) is 6.02. The van der Waals surface area contributed by atoms with E-state index >= 15 is 0 Å². The summed E-state index contributed by atoms with van der Waals surface area (Å²) in [5.74, 6) is 0.452. The van der Waals surface area contributed by atoms with E-state index in [4.69, 9.17) is 4.74 Å². The first-order valence-electron chi connectivity index (χ1n) is 8.95. The molecule has 0 aromatic carbocycles. The lowest BCUT2D eigenvalue weighted by molar-refractivity contribution is -0.136. The molecule has 27 heavy (non-hydrogen) atoms. The smallest absolute Gasteiger partial charge is 0.376 e. The molecule has 0 bridgehead atoms. The predicted octanol–water partition coefficient (Wildman–Crippen LogP) is 3.68. The molecule has 1 saturated heterocycles. The number of carbonyl (C=O) groups is 1. The number of hydrogen-bond donors (Lipinski definition) is 1. The number of nitrogens with zero attached hydrogens (tertiary/aromatic N) is 2. The Hall–Kier alpha value is -1.87. The SMILES string of the molecule is CNC(=O)c1csc2c(C(F)(F)F)cc(N3CCC(OCC4CC4)C3)nc12. The van der Waals surface area contributed by atoms with Gasteiger partial charge in [-0.2, -0.15) is 13.2 Å². The lowest BCUT2D eigenvalue weighted by Crippen LogP contribution is -2.25. The van der Waals surface area contributed by atoms with Crippen LogP contribution in [0.4, 0.5) is 19.0 Å². The van der Waals surface area contributed by atoms with E-state index in [1.807, 2.05) is 4.90 Å². The summed E-state index contributed by atoms with van der Waals surface area (Å²) >= 11 is 0.895. The van der Waals surface area contributed by atoms with Crippen LogP contribution in [0.2, 0.25) is 0 Å². The molecular weight excluding hydrogens is 379 g/mol. The number of hydrogen-bond acceptors (Lipinski definition) is 5.